The van der Waals surface area contributed by atoms with Crippen molar-refractivity contribution >= 4 is 19.9 Å². The number of ether oxygens (including phenoxy) is 3. The Balaban J connectivity index is 1.83. The Labute approximate surface area is 200 Å². The van der Waals surface area contributed by atoms with Crippen LogP contribution in [0.4, 0.5) is 0 Å². The SMILES string of the molecule is CCOc1cc(CCNS(=O)(=O)c2cc(S(=O)(=O)c3ccccc3)ccc2OC)ccc1OC. The third-order valence-corrected chi connectivity index (χ3v) is 8.27. The topological polar surface area (TPSA) is 108 Å². The van der Waals surface area contributed by atoms with Gasteiger partial charge in [0, 0.05) is 6.54 Å². The molecule has 0 saturated heterocycles. The van der Waals surface area contributed by atoms with Crippen LogP contribution in [0.1, 0.15) is 12.5 Å². The molecule has 0 radical (unpaired) electrons. The smallest absolute Gasteiger partial charge is 0.244 e. The third kappa shape index (κ3) is 5.69. The van der Waals surface area contributed by atoms with Gasteiger partial charge >= 0.3 is 0 Å². The van der Waals surface area contributed by atoms with Crippen LogP contribution in [0.3, 0.4) is 0 Å². The second-order valence-electron chi connectivity index (χ2n) is 7.20. The minimum Gasteiger partial charge on any atom is -0.495 e. The quantitative estimate of drug-likeness (QED) is 0.425. The second-order valence-corrected chi connectivity index (χ2v) is 10.9. The van der Waals surface area contributed by atoms with E-state index in [1.807, 2.05) is 13.0 Å². The molecule has 0 aliphatic carbocycles. The van der Waals surface area contributed by atoms with Gasteiger partial charge in [0.25, 0.3) is 0 Å². The first-order valence-electron chi connectivity index (χ1n) is 10.5. The zero-order valence-electron chi connectivity index (χ0n) is 19.1. The molecule has 0 atom stereocenters. The Morgan fingerprint density at radius 3 is 2.09 bits per heavy atom. The maximum absolute atomic E-state index is 13.1. The van der Waals surface area contributed by atoms with Gasteiger partial charge in [0.05, 0.1) is 30.6 Å². The molecular weight excluding hydrogens is 478 g/mol. The average molecular weight is 506 g/mol. The molecule has 182 valence electrons. The molecule has 3 aromatic rings. The van der Waals surface area contributed by atoms with Crippen molar-refractivity contribution in [2.75, 3.05) is 27.4 Å². The Hall–Kier alpha value is -3.08. The minimum atomic E-state index is -4.07. The van der Waals surface area contributed by atoms with Gasteiger partial charge in [-0.15, -0.1) is 0 Å². The number of nitrogens with one attached hydrogen (secondary N) is 1. The molecule has 0 spiro atoms. The van der Waals surface area contributed by atoms with E-state index in [1.54, 1.807) is 37.4 Å². The van der Waals surface area contributed by atoms with Gasteiger partial charge < -0.3 is 14.2 Å². The Bertz CT molecular complexity index is 1340. The molecule has 0 unspecified atom stereocenters. The number of benzene rings is 3. The first-order valence-corrected chi connectivity index (χ1v) is 13.5. The molecule has 34 heavy (non-hydrogen) atoms. The van der Waals surface area contributed by atoms with Crippen LogP contribution in [0.5, 0.6) is 17.2 Å². The van der Waals surface area contributed by atoms with E-state index in [0.717, 1.165) is 11.6 Å². The summed E-state index contributed by atoms with van der Waals surface area (Å²) in [5.74, 6) is 1.21. The van der Waals surface area contributed by atoms with E-state index < -0.39 is 19.9 Å². The van der Waals surface area contributed by atoms with Crippen LogP contribution in [0.2, 0.25) is 0 Å². The van der Waals surface area contributed by atoms with Crippen molar-refractivity contribution in [3.63, 3.8) is 0 Å². The molecule has 3 rings (SSSR count). The highest BCUT2D eigenvalue weighted by Crippen LogP contribution is 2.30. The first kappa shape index (κ1) is 25.5. The summed E-state index contributed by atoms with van der Waals surface area (Å²) in [6.45, 7) is 2.41. The van der Waals surface area contributed by atoms with Crippen LogP contribution in [-0.2, 0) is 26.3 Å². The monoisotopic (exact) mass is 505 g/mol. The van der Waals surface area contributed by atoms with Crippen molar-refractivity contribution in [2.45, 2.75) is 28.0 Å². The molecule has 0 fully saturated rings. The van der Waals surface area contributed by atoms with Crippen molar-refractivity contribution in [3.8, 4) is 17.2 Å². The molecule has 0 heterocycles. The minimum absolute atomic E-state index is 0.0441. The van der Waals surface area contributed by atoms with Gasteiger partial charge in [0.15, 0.2) is 11.5 Å². The van der Waals surface area contributed by atoms with E-state index in [0.29, 0.717) is 24.5 Å². The zero-order valence-corrected chi connectivity index (χ0v) is 20.8. The van der Waals surface area contributed by atoms with E-state index in [2.05, 4.69) is 4.72 Å². The van der Waals surface area contributed by atoms with Gasteiger partial charge in [0.2, 0.25) is 19.9 Å². The van der Waals surface area contributed by atoms with Gasteiger partial charge in [-0.05, 0) is 61.4 Å². The molecule has 1 N–H and O–H groups in total. The fraction of sp³-hybridized carbons (Fsp3) is 0.250. The lowest BCUT2D eigenvalue weighted by Gasteiger charge is -2.14. The van der Waals surface area contributed by atoms with Crippen LogP contribution in [-0.4, -0.2) is 44.2 Å². The molecule has 0 bridgehead atoms. The molecular formula is C24H27NO7S2. The number of methoxy groups -OCH3 is 2. The number of sulfonamides is 1. The summed E-state index contributed by atoms with van der Waals surface area (Å²) in [4.78, 5) is -0.325. The standard InChI is InChI=1S/C24H27NO7S2/c1-4-32-23-16-18(10-12-21(23)30-2)14-15-25-34(28,29)24-17-20(11-13-22(24)31-3)33(26,27)19-8-6-5-7-9-19/h5-13,16-17,25H,4,14-15H2,1-3H3. The maximum Gasteiger partial charge on any atom is 0.244 e. The molecule has 0 amide bonds. The molecule has 0 saturated carbocycles. The van der Waals surface area contributed by atoms with Crippen LogP contribution >= 0.6 is 0 Å². The van der Waals surface area contributed by atoms with Crippen molar-refractivity contribution in [2.24, 2.45) is 0 Å². The predicted molar refractivity (Wildman–Crippen MR) is 128 cm³/mol. The maximum atomic E-state index is 13.1. The van der Waals surface area contributed by atoms with Crippen molar-refractivity contribution in [1.82, 2.24) is 4.72 Å². The fourth-order valence-electron chi connectivity index (χ4n) is 3.32. The average Bonchev–Trinajstić information content (AvgIpc) is 2.84. The normalized spacial score (nSPS) is 11.7. The molecule has 8 nitrogen and oxygen atoms in total. The number of hydrogen-bond donors (Lipinski definition) is 1. The van der Waals surface area contributed by atoms with Gasteiger partial charge in [-0.1, -0.05) is 24.3 Å². The third-order valence-electron chi connectivity index (χ3n) is 5.02. The summed E-state index contributed by atoms with van der Waals surface area (Å²) in [5, 5.41) is 0. The molecule has 0 aliphatic rings. The summed E-state index contributed by atoms with van der Waals surface area (Å²) in [5.41, 5.74) is 0.847. The second kappa shape index (κ2) is 10.9. The fourth-order valence-corrected chi connectivity index (χ4v) is 5.93. The van der Waals surface area contributed by atoms with Crippen molar-refractivity contribution in [3.05, 3.63) is 72.3 Å². The Morgan fingerprint density at radius 2 is 1.44 bits per heavy atom. The van der Waals surface area contributed by atoms with Gasteiger partial charge in [-0.25, -0.2) is 21.6 Å². The lowest BCUT2D eigenvalue weighted by atomic mass is 10.1. The van der Waals surface area contributed by atoms with E-state index >= 15 is 0 Å². The van der Waals surface area contributed by atoms with E-state index in [1.165, 1.54) is 31.4 Å². The highest BCUT2D eigenvalue weighted by Gasteiger charge is 2.25. The molecule has 0 aliphatic heterocycles. The highest BCUT2D eigenvalue weighted by atomic mass is 32.2. The van der Waals surface area contributed by atoms with E-state index in [4.69, 9.17) is 14.2 Å². The summed E-state index contributed by atoms with van der Waals surface area (Å²) in [6.07, 6.45) is 0.383. The van der Waals surface area contributed by atoms with Gasteiger partial charge in [0.1, 0.15) is 10.6 Å². The van der Waals surface area contributed by atoms with Crippen molar-refractivity contribution < 1.29 is 31.0 Å². The van der Waals surface area contributed by atoms with Crippen LogP contribution in [0.15, 0.2) is 81.4 Å². The number of hydrogen-bond acceptors (Lipinski definition) is 7. The van der Waals surface area contributed by atoms with E-state index in [9.17, 15) is 16.8 Å². The van der Waals surface area contributed by atoms with Crippen LogP contribution < -0.4 is 18.9 Å². The van der Waals surface area contributed by atoms with Crippen LogP contribution in [0.25, 0.3) is 0 Å². The summed E-state index contributed by atoms with van der Waals surface area (Å²) < 4.78 is 70.6. The zero-order chi connectivity index (χ0) is 24.8. The lowest BCUT2D eigenvalue weighted by Crippen LogP contribution is -2.26. The number of sulfone groups is 1. The Kier molecular flexibility index (Phi) is 8.19. The van der Waals surface area contributed by atoms with Crippen LogP contribution in [0, 0.1) is 0 Å². The number of rotatable bonds is 11. The van der Waals surface area contributed by atoms with Gasteiger partial charge in [-0.2, -0.15) is 0 Å². The summed E-state index contributed by atoms with van der Waals surface area (Å²) in [7, 11) is -5.09. The predicted octanol–water partition coefficient (Wildman–Crippen LogP) is 3.46. The van der Waals surface area contributed by atoms with E-state index in [-0.39, 0.29) is 27.0 Å². The molecule has 10 heteroatoms. The summed E-state index contributed by atoms with van der Waals surface area (Å²) in [6, 6.07) is 17.0. The lowest BCUT2D eigenvalue weighted by molar-refractivity contribution is 0.310. The highest BCUT2D eigenvalue weighted by molar-refractivity contribution is 7.91. The summed E-state index contributed by atoms with van der Waals surface area (Å²) >= 11 is 0. The Morgan fingerprint density at radius 1 is 0.765 bits per heavy atom. The molecule has 3 aromatic carbocycles. The van der Waals surface area contributed by atoms with Gasteiger partial charge in [-0.3, -0.25) is 0 Å². The first-order chi connectivity index (χ1) is 16.2. The largest absolute Gasteiger partial charge is 0.495 e. The molecule has 0 aromatic heterocycles. The van der Waals surface area contributed by atoms with Crippen molar-refractivity contribution in [1.29, 1.82) is 0 Å².